The summed E-state index contributed by atoms with van der Waals surface area (Å²) in [5, 5.41) is 3.68. The number of benzene rings is 5. The van der Waals surface area contributed by atoms with E-state index in [1.54, 1.807) is 0 Å². The van der Waals surface area contributed by atoms with E-state index in [4.69, 9.17) is 14.4 Å². The van der Waals surface area contributed by atoms with Gasteiger partial charge in [-0.3, -0.25) is 0 Å². The first-order chi connectivity index (χ1) is 25.1. The normalized spacial score (nSPS) is 11.3. The third-order valence-electron chi connectivity index (χ3n) is 9.51. The molecule has 5 aromatic carbocycles. The van der Waals surface area contributed by atoms with E-state index in [1.807, 2.05) is 42.6 Å². The standard InChI is InChI=1S/C30H20NO.C18H24NSi.Ir/c1-3-9-21(10-4-1)17-24-19-28(31-20-27(24)22-11-5-2-6-12-22)23-15-16-30-26(18-23)25-13-7-8-14-29(25)32-30;1-13(2)16-11-17(15-9-7-14(3)8-10-15)19-12-18(16)20(4,5)6;/h1-14,16,18-20H,17H2;7-9,11-13H,1-6H3;/q2*-1;. The van der Waals surface area contributed by atoms with Crippen LogP contribution >= 0.6 is 0 Å². The summed E-state index contributed by atoms with van der Waals surface area (Å²) in [6, 6.07) is 50.7. The molecule has 8 aromatic rings. The number of aryl methyl sites for hydroxylation is 1. The molecule has 1 radical (unpaired) electrons. The van der Waals surface area contributed by atoms with Crippen LogP contribution in [-0.2, 0) is 26.5 Å². The van der Waals surface area contributed by atoms with E-state index in [-0.39, 0.29) is 20.1 Å². The van der Waals surface area contributed by atoms with Crippen LogP contribution in [0, 0.1) is 19.1 Å². The second kappa shape index (κ2) is 16.4. The molecule has 53 heavy (non-hydrogen) atoms. The molecular weight excluding hydrogens is 841 g/mol. The number of furan rings is 1. The van der Waals surface area contributed by atoms with Crippen LogP contribution in [0.1, 0.15) is 42.0 Å². The van der Waals surface area contributed by atoms with Gasteiger partial charge in [-0.05, 0) is 51.7 Å². The van der Waals surface area contributed by atoms with E-state index in [0.29, 0.717) is 5.92 Å². The fourth-order valence-electron chi connectivity index (χ4n) is 6.69. The van der Waals surface area contributed by atoms with Crippen molar-refractivity contribution in [3.63, 3.8) is 0 Å². The van der Waals surface area contributed by atoms with Crippen LogP contribution in [0.2, 0.25) is 19.6 Å². The maximum absolute atomic E-state index is 5.97. The molecule has 0 amide bonds. The molecule has 0 spiro atoms. The number of fused-ring (bicyclic) bond motifs is 3. The topological polar surface area (TPSA) is 38.9 Å². The second-order valence-corrected chi connectivity index (χ2v) is 19.9. The molecule has 5 heteroatoms. The van der Waals surface area contributed by atoms with E-state index >= 15 is 0 Å². The van der Waals surface area contributed by atoms with Crippen LogP contribution in [0.5, 0.6) is 0 Å². The van der Waals surface area contributed by atoms with Gasteiger partial charge in [0.2, 0.25) is 0 Å². The largest absolute Gasteiger partial charge is 0.500 e. The Balaban J connectivity index is 0.000000199. The monoisotopic (exact) mass is 885 g/mol. The van der Waals surface area contributed by atoms with Crippen LogP contribution in [0.25, 0.3) is 55.6 Å². The van der Waals surface area contributed by atoms with Crippen LogP contribution in [0.15, 0.2) is 144 Å². The van der Waals surface area contributed by atoms with E-state index < -0.39 is 8.07 Å². The van der Waals surface area contributed by atoms with Gasteiger partial charge < -0.3 is 14.4 Å². The minimum Gasteiger partial charge on any atom is -0.500 e. The molecule has 0 unspecified atom stereocenters. The number of hydrogen-bond acceptors (Lipinski definition) is 3. The SMILES string of the molecule is Cc1c[c-]c(-c2cc(C(C)C)c([Si](C)(C)C)cn2)cc1.[Ir].[c-]1cc2oc3ccccc3c2cc1-c1cc(Cc2ccccc2)c(-c2ccccc2)cn1. The number of rotatable bonds is 7. The molecule has 0 aliphatic rings. The summed E-state index contributed by atoms with van der Waals surface area (Å²) in [5.74, 6) is 0.531. The quantitative estimate of drug-likeness (QED) is 0.118. The van der Waals surface area contributed by atoms with Crippen LogP contribution in [-0.4, -0.2) is 18.0 Å². The first-order valence-electron chi connectivity index (χ1n) is 18.0. The third-order valence-corrected chi connectivity index (χ3v) is 11.5. The summed E-state index contributed by atoms with van der Waals surface area (Å²) in [5.41, 5.74) is 13.3. The van der Waals surface area contributed by atoms with Gasteiger partial charge in [0.25, 0.3) is 0 Å². The van der Waals surface area contributed by atoms with Crippen molar-refractivity contribution in [3.8, 4) is 33.6 Å². The maximum atomic E-state index is 5.97. The van der Waals surface area contributed by atoms with Gasteiger partial charge >= 0.3 is 0 Å². The summed E-state index contributed by atoms with van der Waals surface area (Å²) in [6.07, 6.45) is 4.94. The van der Waals surface area contributed by atoms with Crippen molar-refractivity contribution >= 4 is 35.2 Å². The Labute approximate surface area is 328 Å². The van der Waals surface area contributed by atoms with Crippen molar-refractivity contribution in [1.82, 2.24) is 9.97 Å². The Morgan fingerprint density at radius 1 is 0.660 bits per heavy atom. The van der Waals surface area contributed by atoms with Crippen molar-refractivity contribution in [2.75, 3.05) is 0 Å². The molecule has 0 fully saturated rings. The molecule has 0 saturated carbocycles. The molecule has 8 rings (SSSR count). The van der Waals surface area contributed by atoms with Gasteiger partial charge in [0.15, 0.2) is 0 Å². The summed E-state index contributed by atoms with van der Waals surface area (Å²) in [7, 11) is -1.35. The Bertz CT molecular complexity index is 2450. The first-order valence-corrected chi connectivity index (χ1v) is 21.5. The fourth-order valence-corrected chi connectivity index (χ4v) is 8.36. The maximum Gasteiger partial charge on any atom is 0.120 e. The van der Waals surface area contributed by atoms with E-state index in [2.05, 4.69) is 150 Å². The number of pyridine rings is 2. The zero-order valence-corrected chi connectivity index (χ0v) is 34.6. The minimum atomic E-state index is -1.35. The Morgan fingerprint density at radius 2 is 1.32 bits per heavy atom. The first kappa shape index (κ1) is 37.8. The summed E-state index contributed by atoms with van der Waals surface area (Å²) in [6.45, 7) is 13.8. The Kier molecular flexibility index (Phi) is 11.7. The number of aromatic nitrogens is 2. The summed E-state index contributed by atoms with van der Waals surface area (Å²) in [4.78, 5) is 9.53. The molecule has 0 atom stereocenters. The molecule has 3 heterocycles. The van der Waals surface area contributed by atoms with Crippen molar-refractivity contribution in [2.45, 2.75) is 52.8 Å². The molecule has 3 nitrogen and oxygen atoms in total. The van der Waals surface area contributed by atoms with Gasteiger partial charge in [-0.25, -0.2) is 0 Å². The molecular formula is C48H44IrN2OSi-2. The molecule has 3 aromatic heterocycles. The Hall–Kier alpha value is -4.93. The second-order valence-electron chi connectivity index (χ2n) is 14.8. The van der Waals surface area contributed by atoms with Gasteiger partial charge in [-0.1, -0.05) is 142 Å². The average molecular weight is 885 g/mol. The molecule has 0 aliphatic heterocycles. The van der Waals surface area contributed by atoms with Gasteiger partial charge in [0, 0.05) is 43.4 Å². The molecule has 0 aliphatic carbocycles. The fraction of sp³-hybridized carbons (Fsp3) is 0.167. The predicted octanol–water partition coefficient (Wildman–Crippen LogP) is 12.2. The van der Waals surface area contributed by atoms with Crippen molar-refractivity contribution in [1.29, 1.82) is 0 Å². The van der Waals surface area contributed by atoms with Crippen molar-refractivity contribution in [2.24, 2.45) is 0 Å². The summed E-state index contributed by atoms with van der Waals surface area (Å²) >= 11 is 0. The average Bonchev–Trinajstić information content (AvgIpc) is 3.54. The smallest absolute Gasteiger partial charge is 0.120 e. The zero-order valence-electron chi connectivity index (χ0n) is 31.2. The predicted molar refractivity (Wildman–Crippen MR) is 221 cm³/mol. The van der Waals surface area contributed by atoms with Gasteiger partial charge in [-0.15, -0.1) is 59.2 Å². The van der Waals surface area contributed by atoms with E-state index in [0.717, 1.165) is 56.4 Å². The minimum absolute atomic E-state index is 0. The van der Waals surface area contributed by atoms with E-state index in [1.165, 1.54) is 33.0 Å². The summed E-state index contributed by atoms with van der Waals surface area (Å²) < 4.78 is 5.97. The van der Waals surface area contributed by atoms with E-state index in [9.17, 15) is 0 Å². The van der Waals surface area contributed by atoms with Gasteiger partial charge in [0.05, 0.1) is 13.7 Å². The van der Waals surface area contributed by atoms with Gasteiger partial charge in [0.1, 0.15) is 5.58 Å². The number of hydrogen-bond donors (Lipinski definition) is 0. The van der Waals surface area contributed by atoms with Crippen molar-refractivity contribution in [3.05, 3.63) is 174 Å². The molecule has 0 N–H and O–H groups in total. The molecule has 267 valence electrons. The van der Waals surface area contributed by atoms with Gasteiger partial charge in [-0.2, -0.15) is 0 Å². The number of nitrogens with zero attached hydrogens (tertiary/aromatic N) is 2. The Morgan fingerprint density at radius 3 is 2.02 bits per heavy atom. The van der Waals surface area contributed by atoms with Crippen LogP contribution in [0.4, 0.5) is 0 Å². The molecule has 0 bridgehead atoms. The van der Waals surface area contributed by atoms with Crippen molar-refractivity contribution < 1.29 is 24.5 Å². The number of para-hydroxylation sites is 1. The third kappa shape index (κ3) is 8.66. The van der Waals surface area contributed by atoms with Crippen LogP contribution in [0.3, 0.4) is 0 Å². The molecule has 0 saturated heterocycles. The zero-order chi connectivity index (χ0) is 36.2. The van der Waals surface area contributed by atoms with Crippen LogP contribution < -0.4 is 5.19 Å².